The van der Waals surface area contributed by atoms with Gasteiger partial charge in [0.2, 0.25) is 5.91 Å². The zero-order valence-corrected chi connectivity index (χ0v) is 16.8. The number of hydrogen-bond acceptors (Lipinski definition) is 3. The monoisotopic (exact) mass is 389 g/mol. The van der Waals surface area contributed by atoms with Crippen molar-refractivity contribution in [2.45, 2.75) is 57.0 Å². The zero-order chi connectivity index (χ0) is 20.3. The third-order valence-electron chi connectivity index (χ3n) is 6.20. The molecule has 1 amide bonds. The smallest absolute Gasteiger partial charge is 0.274 e. The topological polar surface area (TPSA) is 64.0 Å². The van der Waals surface area contributed by atoms with Crippen molar-refractivity contribution in [1.82, 2.24) is 15.1 Å². The standard InChI is InChI=1S/C24H27N3O2/c1-2-20(17-27-22(28)21-13-7-6-10-18(21)16-25-27)26-23(29)24(14-8-9-15-24)19-11-4-3-5-12-19/h3-7,10-13,16,20H,2,8-9,14-15,17H2,1H3,(H,26,29)/t20-/m1/s1. The minimum atomic E-state index is -0.462. The summed E-state index contributed by atoms with van der Waals surface area (Å²) in [6, 6.07) is 17.4. The first-order valence-electron chi connectivity index (χ1n) is 10.5. The number of carbonyl (C=O) groups excluding carboxylic acids is 1. The number of benzene rings is 2. The van der Waals surface area contributed by atoms with Gasteiger partial charge >= 0.3 is 0 Å². The highest BCUT2D eigenvalue weighted by Crippen LogP contribution is 2.41. The van der Waals surface area contributed by atoms with E-state index in [1.165, 1.54) is 4.68 Å². The van der Waals surface area contributed by atoms with Crippen molar-refractivity contribution >= 4 is 16.7 Å². The van der Waals surface area contributed by atoms with Crippen LogP contribution >= 0.6 is 0 Å². The lowest BCUT2D eigenvalue weighted by Gasteiger charge is -2.30. The van der Waals surface area contributed by atoms with E-state index >= 15 is 0 Å². The van der Waals surface area contributed by atoms with E-state index in [4.69, 9.17) is 0 Å². The highest BCUT2D eigenvalue weighted by atomic mass is 16.2. The predicted octanol–water partition coefficient (Wildman–Crippen LogP) is 3.80. The van der Waals surface area contributed by atoms with Gasteiger partial charge in [0.15, 0.2) is 0 Å². The van der Waals surface area contributed by atoms with Crippen LogP contribution in [0.15, 0.2) is 65.6 Å². The Balaban J connectivity index is 1.57. The van der Waals surface area contributed by atoms with Gasteiger partial charge in [-0.15, -0.1) is 0 Å². The average molecular weight is 389 g/mol. The molecular formula is C24H27N3O2. The van der Waals surface area contributed by atoms with E-state index in [-0.39, 0.29) is 17.5 Å². The summed E-state index contributed by atoms with van der Waals surface area (Å²) in [5.74, 6) is 0.0712. The van der Waals surface area contributed by atoms with Crippen LogP contribution in [0, 0.1) is 0 Å². The highest BCUT2D eigenvalue weighted by molar-refractivity contribution is 5.88. The van der Waals surface area contributed by atoms with E-state index in [1.807, 2.05) is 49.4 Å². The van der Waals surface area contributed by atoms with Crippen LogP contribution in [-0.4, -0.2) is 21.7 Å². The molecule has 0 spiro atoms. The molecule has 0 saturated heterocycles. The second kappa shape index (κ2) is 8.19. The van der Waals surface area contributed by atoms with Crippen LogP contribution in [0.5, 0.6) is 0 Å². The van der Waals surface area contributed by atoms with Gasteiger partial charge in [0, 0.05) is 11.4 Å². The number of nitrogens with zero attached hydrogens (tertiary/aromatic N) is 2. The summed E-state index contributed by atoms with van der Waals surface area (Å²) in [4.78, 5) is 26.2. The summed E-state index contributed by atoms with van der Waals surface area (Å²) in [6.45, 7) is 2.40. The molecule has 150 valence electrons. The maximum atomic E-state index is 13.4. The Kier molecular flexibility index (Phi) is 5.47. The van der Waals surface area contributed by atoms with E-state index in [2.05, 4.69) is 22.5 Å². The fourth-order valence-electron chi connectivity index (χ4n) is 4.45. The molecule has 1 N–H and O–H groups in total. The predicted molar refractivity (Wildman–Crippen MR) is 115 cm³/mol. The van der Waals surface area contributed by atoms with Gasteiger partial charge in [0.1, 0.15) is 0 Å². The lowest BCUT2D eigenvalue weighted by atomic mass is 9.78. The molecule has 5 nitrogen and oxygen atoms in total. The number of aromatic nitrogens is 2. The van der Waals surface area contributed by atoms with Crippen LogP contribution in [0.1, 0.15) is 44.6 Å². The van der Waals surface area contributed by atoms with Gasteiger partial charge in [-0.05, 0) is 30.9 Å². The van der Waals surface area contributed by atoms with Gasteiger partial charge in [-0.25, -0.2) is 4.68 Å². The molecule has 0 aliphatic heterocycles. The molecular weight excluding hydrogens is 362 g/mol. The molecule has 0 bridgehead atoms. The van der Waals surface area contributed by atoms with Gasteiger partial charge < -0.3 is 5.32 Å². The van der Waals surface area contributed by atoms with E-state index in [0.29, 0.717) is 11.9 Å². The van der Waals surface area contributed by atoms with Gasteiger partial charge in [0.25, 0.3) is 5.56 Å². The summed E-state index contributed by atoms with van der Waals surface area (Å²) in [7, 11) is 0. The third kappa shape index (κ3) is 3.69. The van der Waals surface area contributed by atoms with Gasteiger partial charge in [0.05, 0.1) is 23.5 Å². The number of nitrogens with one attached hydrogen (secondary N) is 1. The molecule has 0 radical (unpaired) electrons. The maximum Gasteiger partial charge on any atom is 0.274 e. The first-order chi connectivity index (χ1) is 14.1. The van der Waals surface area contributed by atoms with Gasteiger partial charge in [-0.2, -0.15) is 5.10 Å². The molecule has 1 heterocycles. The Labute approximate surface area is 170 Å². The SMILES string of the molecule is CC[C@H](Cn1ncc2ccccc2c1=O)NC(=O)C1(c2ccccc2)CCCC1. The normalized spacial score (nSPS) is 16.6. The second-order valence-electron chi connectivity index (χ2n) is 7.95. The minimum absolute atomic E-state index is 0.0712. The van der Waals surface area contributed by atoms with Gasteiger partial charge in [-0.3, -0.25) is 9.59 Å². The molecule has 0 unspecified atom stereocenters. The molecule has 1 atom stereocenters. The summed E-state index contributed by atoms with van der Waals surface area (Å²) in [6.07, 6.45) is 6.31. The van der Waals surface area contributed by atoms with Crippen molar-refractivity contribution in [3.63, 3.8) is 0 Å². The molecule has 3 aromatic rings. The molecule has 5 heteroatoms. The van der Waals surface area contributed by atoms with Crippen LogP contribution in [0.25, 0.3) is 10.8 Å². The molecule has 4 rings (SSSR count). The fourth-order valence-corrected chi connectivity index (χ4v) is 4.45. The highest BCUT2D eigenvalue weighted by Gasteiger charge is 2.43. The fraction of sp³-hybridized carbons (Fsp3) is 0.375. The van der Waals surface area contributed by atoms with Crippen molar-refractivity contribution < 1.29 is 4.79 Å². The second-order valence-corrected chi connectivity index (χ2v) is 7.95. The van der Waals surface area contributed by atoms with Crippen LogP contribution < -0.4 is 10.9 Å². The Morgan fingerprint density at radius 1 is 1.10 bits per heavy atom. The van der Waals surface area contributed by atoms with E-state index in [1.54, 1.807) is 6.20 Å². The number of hydrogen-bond donors (Lipinski definition) is 1. The van der Waals surface area contributed by atoms with Crippen molar-refractivity contribution in [2.75, 3.05) is 0 Å². The molecule has 29 heavy (non-hydrogen) atoms. The Morgan fingerprint density at radius 3 is 2.52 bits per heavy atom. The number of rotatable bonds is 6. The number of fused-ring (bicyclic) bond motifs is 1. The van der Waals surface area contributed by atoms with Crippen LogP contribution in [0.4, 0.5) is 0 Å². The van der Waals surface area contributed by atoms with Crippen LogP contribution in [0.3, 0.4) is 0 Å². The van der Waals surface area contributed by atoms with Crippen molar-refractivity contribution in [3.8, 4) is 0 Å². The molecule has 1 aliphatic carbocycles. The first kappa shape index (κ1) is 19.4. The summed E-state index contributed by atoms with van der Waals surface area (Å²) in [5, 5.41) is 9.05. The first-order valence-corrected chi connectivity index (χ1v) is 10.5. The van der Waals surface area contributed by atoms with Crippen LogP contribution in [-0.2, 0) is 16.8 Å². The molecule has 1 aliphatic rings. The quantitative estimate of drug-likeness (QED) is 0.697. The lowest BCUT2D eigenvalue weighted by molar-refractivity contribution is -0.127. The number of carbonyl (C=O) groups is 1. The van der Waals surface area contributed by atoms with Crippen molar-refractivity contribution in [3.05, 3.63) is 76.7 Å². The number of amides is 1. The Morgan fingerprint density at radius 2 is 1.79 bits per heavy atom. The van der Waals surface area contributed by atoms with Crippen LogP contribution in [0.2, 0.25) is 0 Å². The molecule has 1 aromatic heterocycles. The van der Waals surface area contributed by atoms with E-state index in [9.17, 15) is 9.59 Å². The summed E-state index contributed by atoms with van der Waals surface area (Å²) >= 11 is 0. The molecule has 1 saturated carbocycles. The van der Waals surface area contributed by atoms with Crippen molar-refractivity contribution in [1.29, 1.82) is 0 Å². The Bertz CT molecular complexity index is 1050. The van der Waals surface area contributed by atoms with Crippen molar-refractivity contribution in [2.24, 2.45) is 0 Å². The van der Waals surface area contributed by atoms with Gasteiger partial charge in [-0.1, -0.05) is 68.3 Å². The minimum Gasteiger partial charge on any atom is -0.351 e. The molecule has 1 fully saturated rings. The zero-order valence-electron chi connectivity index (χ0n) is 16.8. The van der Waals surface area contributed by atoms with E-state index in [0.717, 1.165) is 43.1 Å². The Hall–Kier alpha value is -2.95. The largest absolute Gasteiger partial charge is 0.351 e. The summed E-state index contributed by atoms with van der Waals surface area (Å²) in [5.41, 5.74) is 0.511. The maximum absolute atomic E-state index is 13.4. The average Bonchev–Trinajstić information content (AvgIpc) is 3.27. The molecule has 2 aromatic carbocycles. The summed E-state index contributed by atoms with van der Waals surface area (Å²) < 4.78 is 1.47. The lowest BCUT2D eigenvalue weighted by Crippen LogP contribution is -2.49. The third-order valence-corrected chi connectivity index (χ3v) is 6.20. The van der Waals surface area contributed by atoms with E-state index < -0.39 is 5.41 Å².